The van der Waals surface area contributed by atoms with Gasteiger partial charge in [0.1, 0.15) is 12.4 Å². The van der Waals surface area contributed by atoms with Crippen LogP contribution >= 0.6 is 11.6 Å². The number of ether oxygens (including phenoxy) is 2. The first-order chi connectivity index (χ1) is 18.8. The summed E-state index contributed by atoms with van der Waals surface area (Å²) in [5.74, 6) is 0.0341. The van der Waals surface area contributed by atoms with Crippen molar-refractivity contribution in [1.82, 2.24) is 10.9 Å². The number of amides is 1. The van der Waals surface area contributed by atoms with E-state index in [2.05, 4.69) is 15.8 Å². The van der Waals surface area contributed by atoms with Crippen LogP contribution < -0.4 is 15.6 Å². The Morgan fingerprint density at radius 1 is 1.05 bits per heavy atom. The first kappa shape index (κ1) is 28.6. The molecule has 1 heterocycles. The number of hydrogen-bond donors (Lipinski definition) is 3. The highest BCUT2D eigenvalue weighted by atomic mass is 35.5. The molecular formula is C28H30ClN3O6S. The summed E-state index contributed by atoms with van der Waals surface area (Å²) in [4.78, 5) is 18.2. The van der Waals surface area contributed by atoms with Gasteiger partial charge in [0.15, 0.2) is 15.4 Å². The van der Waals surface area contributed by atoms with Crippen molar-refractivity contribution in [3.05, 3.63) is 95.0 Å². The zero-order chi connectivity index (χ0) is 27.7. The van der Waals surface area contributed by atoms with E-state index in [1.54, 1.807) is 48.5 Å². The SMILES string of the molecule is O=C(NNCc1ccccc1Cl)[C@]1(CCS(=O)(=O)c2ccccc2)COC(c2ccc(OCCCO)cc2)=N1. The van der Waals surface area contributed by atoms with Gasteiger partial charge in [-0.15, -0.1) is 0 Å². The van der Waals surface area contributed by atoms with Gasteiger partial charge in [0.2, 0.25) is 5.90 Å². The number of carbonyl (C=O) groups is 1. The number of carbonyl (C=O) groups excluding carboxylic acids is 1. The van der Waals surface area contributed by atoms with E-state index >= 15 is 0 Å². The number of hydrazine groups is 1. The molecule has 1 atom stereocenters. The van der Waals surface area contributed by atoms with Gasteiger partial charge in [0, 0.05) is 30.2 Å². The third kappa shape index (κ3) is 7.36. The molecule has 0 spiro atoms. The van der Waals surface area contributed by atoms with Gasteiger partial charge < -0.3 is 14.6 Å². The average molecular weight is 572 g/mol. The van der Waals surface area contributed by atoms with E-state index in [4.69, 9.17) is 26.2 Å². The van der Waals surface area contributed by atoms with Crippen LogP contribution in [0.25, 0.3) is 0 Å². The Kier molecular flexibility index (Phi) is 9.58. The Morgan fingerprint density at radius 2 is 1.77 bits per heavy atom. The van der Waals surface area contributed by atoms with Crippen LogP contribution in [-0.4, -0.2) is 56.4 Å². The lowest BCUT2D eigenvalue weighted by molar-refractivity contribution is -0.127. The van der Waals surface area contributed by atoms with Crippen molar-refractivity contribution in [3.63, 3.8) is 0 Å². The molecule has 1 amide bonds. The lowest BCUT2D eigenvalue weighted by Crippen LogP contribution is -2.52. The van der Waals surface area contributed by atoms with Crippen LogP contribution in [0.4, 0.5) is 0 Å². The molecule has 0 unspecified atom stereocenters. The number of aliphatic imine (C=N–C) groups is 1. The number of sulfone groups is 1. The van der Waals surface area contributed by atoms with Crippen molar-refractivity contribution >= 4 is 33.2 Å². The monoisotopic (exact) mass is 571 g/mol. The number of aliphatic hydroxyl groups is 1. The van der Waals surface area contributed by atoms with E-state index in [-0.39, 0.29) is 42.7 Å². The molecule has 11 heteroatoms. The number of benzene rings is 3. The molecule has 0 saturated carbocycles. The second-order valence-corrected chi connectivity index (χ2v) is 11.5. The van der Waals surface area contributed by atoms with Crippen molar-refractivity contribution in [1.29, 1.82) is 0 Å². The standard InChI is InChI=1S/C28H30ClN3O6S/c29-25-10-5-4-7-22(25)19-30-32-27(34)28(15-18-39(35,36)24-8-2-1-3-9-24)20-38-26(31-28)21-11-13-23(14-12-21)37-17-6-16-33/h1-5,7-14,30,33H,6,15-20H2,(H,32,34)/t28-/m0/s1. The van der Waals surface area contributed by atoms with Crippen LogP contribution in [0.5, 0.6) is 5.75 Å². The number of hydrogen-bond acceptors (Lipinski definition) is 8. The smallest absolute Gasteiger partial charge is 0.265 e. The van der Waals surface area contributed by atoms with Crippen LogP contribution in [0, 0.1) is 0 Å². The minimum Gasteiger partial charge on any atom is -0.494 e. The van der Waals surface area contributed by atoms with Gasteiger partial charge in [0.05, 0.1) is 17.3 Å². The van der Waals surface area contributed by atoms with Crippen LogP contribution in [-0.2, 0) is 25.9 Å². The fourth-order valence-corrected chi connectivity index (χ4v) is 5.54. The minimum atomic E-state index is -3.66. The molecule has 0 aliphatic carbocycles. The summed E-state index contributed by atoms with van der Waals surface area (Å²) < 4.78 is 37.4. The average Bonchev–Trinajstić information content (AvgIpc) is 3.40. The summed E-state index contributed by atoms with van der Waals surface area (Å²) >= 11 is 6.20. The summed E-state index contributed by atoms with van der Waals surface area (Å²) in [6, 6.07) is 22.3. The van der Waals surface area contributed by atoms with Crippen LogP contribution in [0.15, 0.2) is 88.8 Å². The summed E-state index contributed by atoms with van der Waals surface area (Å²) in [5, 5.41) is 9.47. The summed E-state index contributed by atoms with van der Waals surface area (Å²) in [5.41, 5.74) is 5.46. The van der Waals surface area contributed by atoms with Crippen molar-refractivity contribution in [2.24, 2.45) is 4.99 Å². The van der Waals surface area contributed by atoms with Crippen LogP contribution in [0.1, 0.15) is 24.0 Å². The summed E-state index contributed by atoms with van der Waals surface area (Å²) in [7, 11) is -3.66. The van der Waals surface area contributed by atoms with Crippen LogP contribution in [0.2, 0.25) is 5.02 Å². The molecule has 3 aromatic carbocycles. The number of aliphatic hydroxyl groups excluding tert-OH is 1. The Balaban J connectivity index is 1.52. The molecule has 4 rings (SSSR count). The lowest BCUT2D eigenvalue weighted by atomic mass is 9.98. The lowest BCUT2D eigenvalue weighted by Gasteiger charge is -2.23. The van der Waals surface area contributed by atoms with Crippen molar-refractivity contribution in [3.8, 4) is 5.75 Å². The maximum atomic E-state index is 13.4. The van der Waals surface area contributed by atoms with E-state index in [1.165, 1.54) is 12.1 Å². The first-order valence-electron chi connectivity index (χ1n) is 12.4. The zero-order valence-electron chi connectivity index (χ0n) is 21.2. The quantitative estimate of drug-likeness (QED) is 0.212. The highest BCUT2D eigenvalue weighted by Crippen LogP contribution is 2.28. The third-order valence-corrected chi connectivity index (χ3v) is 8.28. The normalized spacial score (nSPS) is 16.8. The molecular weight excluding hydrogens is 542 g/mol. The molecule has 1 aliphatic rings. The molecule has 0 aromatic heterocycles. The number of nitrogens with one attached hydrogen (secondary N) is 2. The molecule has 0 radical (unpaired) electrons. The molecule has 9 nitrogen and oxygen atoms in total. The second kappa shape index (κ2) is 13.1. The van der Waals surface area contributed by atoms with Crippen molar-refractivity contribution in [2.45, 2.75) is 29.8 Å². The second-order valence-electron chi connectivity index (χ2n) is 8.97. The molecule has 3 N–H and O–H groups in total. The van der Waals surface area contributed by atoms with Gasteiger partial charge in [-0.25, -0.2) is 18.8 Å². The molecule has 0 saturated heterocycles. The van der Waals surface area contributed by atoms with Gasteiger partial charge in [-0.05, 0) is 54.4 Å². The number of nitrogens with zero attached hydrogens (tertiary/aromatic N) is 1. The van der Waals surface area contributed by atoms with E-state index in [1.807, 2.05) is 18.2 Å². The summed E-state index contributed by atoms with van der Waals surface area (Å²) in [6.07, 6.45) is 0.432. The fourth-order valence-electron chi connectivity index (χ4n) is 3.93. The van der Waals surface area contributed by atoms with E-state index < -0.39 is 21.3 Å². The van der Waals surface area contributed by atoms with Crippen molar-refractivity contribution < 1.29 is 27.8 Å². The molecule has 1 aliphatic heterocycles. The van der Waals surface area contributed by atoms with Gasteiger partial charge >= 0.3 is 0 Å². The minimum absolute atomic E-state index is 0.0418. The number of rotatable bonds is 13. The number of halogens is 1. The molecule has 206 valence electrons. The molecule has 0 fully saturated rings. The predicted octanol–water partition coefficient (Wildman–Crippen LogP) is 3.30. The van der Waals surface area contributed by atoms with Crippen LogP contribution in [0.3, 0.4) is 0 Å². The van der Waals surface area contributed by atoms with Gasteiger partial charge in [-0.3, -0.25) is 10.2 Å². The van der Waals surface area contributed by atoms with E-state index in [9.17, 15) is 13.2 Å². The topological polar surface area (TPSA) is 126 Å². The van der Waals surface area contributed by atoms with Crippen molar-refractivity contribution in [2.75, 3.05) is 25.6 Å². The fraction of sp³-hybridized carbons (Fsp3) is 0.286. The predicted molar refractivity (Wildman–Crippen MR) is 148 cm³/mol. The first-order valence-corrected chi connectivity index (χ1v) is 14.5. The Morgan fingerprint density at radius 3 is 2.49 bits per heavy atom. The van der Waals surface area contributed by atoms with Gasteiger partial charge in [-0.2, -0.15) is 0 Å². The highest BCUT2D eigenvalue weighted by Gasteiger charge is 2.45. The Bertz CT molecular complexity index is 1400. The Hall–Kier alpha value is -3.44. The zero-order valence-corrected chi connectivity index (χ0v) is 22.7. The largest absolute Gasteiger partial charge is 0.494 e. The van der Waals surface area contributed by atoms with E-state index in [0.717, 1.165) is 5.56 Å². The van der Waals surface area contributed by atoms with E-state index in [0.29, 0.717) is 29.4 Å². The summed E-state index contributed by atoms with van der Waals surface area (Å²) in [6.45, 7) is 0.563. The molecule has 0 bridgehead atoms. The molecule has 39 heavy (non-hydrogen) atoms. The van der Waals surface area contributed by atoms with Gasteiger partial charge in [0.25, 0.3) is 5.91 Å². The Labute approximate surface area is 232 Å². The maximum absolute atomic E-state index is 13.4. The molecule has 3 aromatic rings. The highest BCUT2D eigenvalue weighted by molar-refractivity contribution is 7.91. The maximum Gasteiger partial charge on any atom is 0.265 e. The third-order valence-electron chi connectivity index (χ3n) is 6.18. The van der Waals surface area contributed by atoms with Gasteiger partial charge in [-0.1, -0.05) is 48.0 Å².